The van der Waals surface area contributed by atoms with Gasteiger partial charge in [-0.1, -0.05) is 31.6 Å². The summed E-state index contributed by atoms with van der Waals surface area (Å²) in [6.45, 7) is 9.76. The summed E-state index contributed by atoms with van der Waals surface area (Å²) in [6.07, 6.45) is 8.14. The summed E-state index contributed by atoms with van der Waals surface area (Å²) in [5.41, 5.74) is 3.45. The molecular weight excluding hydrogens is 344 g/mol. The molecule has 0 N–H and O–H groups in total. The minimum atomic E-state index is -0.736. The van der Waals surface area contributed by atoms with Crippen molar-refractivity contribution < 1.29 is 23.7 Å². The second-order valence-electron chi connectivity index (χ2n) is 6.64. The van der Waals surface area contributed by atoms with Gasteiger partial charge in [0.2, 0.25) is 6.79 Å². The standard InChI is InChI=1S/C22H30O5/c1-5-9-17-13-19(24-6-2)21(18-11-8-10-16(4)12-18)20(14-17)26-15-27-22(23)25-7-3/h6,12-14,18H,2,5,7-11,15H2,1,3-4H3/t18-/m0/s1. The fourth-order valence-corrected chi connectivity index (χ4v) is 3.40. The number of ether oxygens (including phenoxy) is 4. The van der Waals surface area contributed by atoms with Crippen LogP contribution in [0.1, 0.15) is 63.5 Å². The van der Waals surface area contributed by atoms with Gasteiger partial charge in [-0.15, -0.1) is 0 Å². The fourth-order valence-electron chi connectivity index (χ4n) is 3.40. The molecular formula is C22H30O5. The third-order valence-corrected chi connectivity index (χ3v) is 4.51. The summed E-state index contributed by atoms with van der Waals surface area (Å²) in [5.74, 6) is 1.62. The monoisotopic (exact) mass is 374 g/mol. The third kappa shape index (κ3) is 6.05. The smallest absolute Gasteiger partial charge is 0.465 e. The van der Waals surface area contributed by atoms with Crippen LogP contribution in [0.5, 0.6) is 11.5 Å². The molecule has 0 aliphatic heterocycles. The lowest BCUT2D eigenvalue weighted by molar-refractivity contribution is 0.00641. The molecule has 0 amide bonds. The van der Waals surface area contributed by atoms with E-state index in [1.165, 1.54) is 11.8 Å². The molecule has 27 heavy (non-hydrogen) atoms. The van der Waals surface area contributed by atoms with Gasteiger partial charge in [0.25, 0.3) is 0 Å². The lowest BCUT2D eigenvalue weighted by atomic mass is 9.84. The Bertz CT molecular complexity index is 678. The van der Waals surface area contributed by atoms with Crippen molar-refractivity contribution in [2.24, 2.45) is 0 Å². The number of aryl methyl sites for hydroxylation is 1. The van der Waals surface area contributed by atoms with Crippen LogP contribution >= 0.6 is 0 Å². The number of carbonyl (C=O) groups excluding carboxylic acids is 1. The number of hydrogen-bond acceptors (Lipinski definition) is 5. The van der Waals surface area contributed by atoms with E-state index in [1.54, 1.807) is 6.92 Å². The van der Waals surface area contributed by atoms with E-state index >= 15 is 0 Å². The van der Waals surface area contributed by atoms with Crippen molar-refractivity contribution in [3.8, 4) is 11.5 Å². The van der Waals surface area contributed by atoms with Crippen LogP contribution in [-0.2, 0) is 15.9 Å². The number of hydrogen-bond donors (Lipinski definition) is 0. The molecule has 148 valence electrons. The maximum Gasteiger partial charge on any atom is 0.511 e. The van der Waals surface area contributed by atoms with E-state index in [1.807, 2.05) is 6.07 Å². The Kier molecular flexibility index (Phi) is 8.24. The van der Waals surface area contributed by atoms with Gasteiger partial charge in [0, 0.05) is 11.5 Å². The number of carbonyl (C=O) groups is 1. The summed E-state index contributed by atoms with van der Waals surface area (Å²) >= 11 is 0. The van der Waals surface area contributed by atoms with Gasteiger partial charge in [-0.25, -0.2) is 4.79 Å². The van der Waals surface area contributed by atoms with E-state index in [4.69, 9.17) is 18.9 Å². The van der Waals surface area contributed by atoms with Gasteiger partial charge in [0.05, 0.1) is 12.9 Å². The predicted octanol–water partition coefficient (Wildman–Crippen LogP) is 5.88. The molecule has 1 atom stereocenters. The number of rotatable bonds is 9. The Hall–Kier alpha value is -2.43. The lowest BCUT2D eigenvalue weighted by Crippen LogP contribution is -2.14. The largest absolute Gasteiger partial charge is 0.511 e. The van der Waals surface area contributed by atoms with E-state index < -0.39 is 6.16 Å². The summed E-state index contributed by atoms with van der Waals surface area (Å²) in [5, 5.41) is 0. The van der Waals surface area contributed by atoms with Crippen LogP contribution in [-0.4, -0.2) is 19.6 Å². The summed E-state index contributed by atoms with van der Waals surface area (Å²) in [7, 11) is 0. The van der Waals surface area contributed by atoms with E-state index in [9.17, 15) is 4.79 Å². The molecule has 2 rings (SSSR count). The van der Waals surface area contributed by atoms with Crippen LogP contribution in [0.4, 0.5) is 4.79 Å². The van der Waals surface area contributed by atoms with Gasteiger partial charge in [-0.2, -0.15) is 0 Å². The zero-order valence-corrected chi connectivity index (χ0v) is 16.6. The molecule has 0 saturated heterocycles. The number of benzene rings is 1. The Morgan fingerprint density at radius 3 is 2.70 bits per heavy atom. The van der Waals surface area contributed by atoms with Crippen LogP contribution in [0.25, 0.3) is 0 Å². The molecule has 0 heterocycles. The fraction of sp³-hybridized carbons (Fsp3) is 0.500. The van der Waals surface area contributed by atoms with Crippen LogP contribution in [0, 0.1) is 0 Å². The zero-order chi connectivity index (χ0) is 19.6. The highest BCUT2D eigenvalue weighted by Crippen LogP contribution is 2.42. The quantitative estimate of drug-likeness (QED) is 0.234. The van der Waals surface area contributed by atoms with Crippen molar-refractivity contribution in [2.45, 2.75) is 58.8 Å². The second kappa shape index (κ2) is 10.7. The Balaban J connectivity index is 2.35. The first-order valence-corrected chi connectivity index (χ1v) is 9.63. The highest BCUT2D eigenvalue weighted by Gasteiger charge is 2.23. The van der Waals surface area contributed by atoms with Crippen molar-refractivity contribution in [3.63, 3.8) is 0 Å². The Labute approximate surface area is 162 Å². The Morgan fingerprint density at radius 1 is 1.26 bits per heavy atom. The number of allylic oxidation sites excluding steroid dienone is 2. The summed E-state index contributed by atoms with van der Waals surface area (Å²) in [6, 6.07) is 4.07. The van der Waals surface area contributed by atoms with Crippen molar-refractivity contribution in [3.05, 3.63) is 47.7 Å². The average Bonchev–Trinajstić information content (AvgIpc) is 2.62. The van der Waals surface area contributed by atoms with Crippen molar-refractivity contribution >= 4 is 6.16 Å². The topological polar surface area (TPSA) is 54.0 Å². The summed E-state index contributed by atoms with van der Waals surface area (Å²) in [4.78, 5) is 11.4. The van der Waals surface area contributed by atoms with Crippen molar-refractivity contribution in [2.75, 3.05) is 13.4 Å². The predicted molar refractivity (Wildman–Crippen MR) is 105 cm³/mol. The molecule has 5 nitrogen and oxygen atoms in total. The minimum Gasteiger partial charge on any atom is -0.465 e. The van der Waals surface area contributed by atoms with Gasteiger partial charge >= 0.3 is 6.16 Å². The van der Waals surface area contributed by atoms with E-state index in [0.29, 0.717) is 5.75 Å². The highest BCUT2D eigenvalue weighted by molar-refractivity contribution is 5.59. The molecule has 0 spiro atoms. The third-order valence-electron chi connectivity index (χ3n) is 4.51. The van der Waals surface area contributed by atoms with Gasteiger partial charge < -0.3 is 18.9 Å². The maximum atomic E-state index is 11.4. The van der Waals surface area contributed by atoms with Crippen LogP contribution in [0.15, 0.2) is 36.6 Å². The second-order valence-corrected chi connectivity index (χ2v) is 6.64. The molecule has 0 radical (unpaired) electrons. The maximum absolute atomic E-state index is 11.4. The molecule has 1 aromatic carbocycles. The van der Waals surface area contributed by atoms with E-state index in [0.717, 1.165) is 49.0 Å². The first-order chi connectivity index (χ1) is 13.1. The average molecular weight is 374 g/mol. The molecule has 1 aromatic rings. The normalized spacial score (nSPS) is 16.3. The molecule has 0 fully saturated rings. The van der Waals surface area contributed by atoms with Gasteiger partial charge in [-0.05, 0) is 57.2 Å². The molecule has 1 aliphatic carbocycles. The molecule has 5 heteroatoms. The van der Waals surface area contributed by atoms with Crippen molar-refractivity contribution in [1.29, 1.82) is 0 Å². The molecule has 0 bridgehead atoms. The first kappa shape index (κ1) is 20.9. The lowest BCUT2D eigenvalue weighted by Gasteiger charge is -2.25. The van der Waals surface area contributed by atoms with Crippen LogP contribution < -0.4 is 9.47 Å². The van der Waals surface area contributed by atoms with Gasteiger partial charge in [0.15, 0.2) is 0 Å². The molecule has 0 aromatic heterocycles. The highest BCUT2D eigenvalue weighted by atomic mass is 16.8. The van der Waals surface area contributed by atoms with Crippen LogP contribution in [0.3, 0.4) is 0 Å². The Morgan fingerprint density at radius 2 is 2.04 bits per heavy atom. The van der Waals surface area contributed by atoms with Gasteiger partial charge in [-0.3, -0.25) is 0 Å². The summed E-state index contributed by atoms with van der Waals surface area (Å²) < 4.78 is 21.4. The minimum absolute atomic E-state index is 0.196. The van der Waals surface area contributed by atoms with Gasteiger partial charge in [0.1, 0.15) is 11.5 Å². The zero-order valence-electron chi connectivity index (χ0n) is 16.6. The van der Waals surface area contributed by atoms with Crippen molar-refractivity contribution in [1.82, 2.24) is 0 Å². The van der Waals surface area contributed by atoms with E-state index in [2.05, 4.69) is 32.6 Å². The first-order valence-electron chi connectivity index (χ1n) is 9.63. The molecule has 0 unspecified atom stereocenters. The molecule has 1 aliphatic rings. The van der Waals surface area contributed by atoms with Crippen LogP contribution in [0.2, 0.25) is 0 Å². The SMILES string of the molecule is C=COc1cc(CCC)cc(OCOC(=O)OCC)c1[C@@H]1C=C(C)CCC1. The molecule has 0 saturated carbocycles. The van der Waals surface area contributed by atoms with E-state index in [-0.39, 0.29) is 19.3 Å².